The van der Waals surface area contributed by atoms with Crippen molar-refractivity contribution < 1.29 is 0 Å². The van der Waals surface area contributed by atoms with Gasteiger partial charge in [-0.15, -0.1) is 0 Å². The molecule has 3 heteroatoms. The van der Waals surface area contributed by atoms with Gasteiger partial charge in [-0.25, -0.2) is 0 Å². The average molecular weight is 273 g/mol. The van der Waals surface area contributed by atoms with E-state index in [-0.39, 0.29) is 0 Å². The Labute approximate surface area is 118 Å². The SMILES string of the molecule is CCNC1C(CN(C)C(C)CSC)CCC1(C)C. The van der Waals surface area contributed by atoms with Crippen LogP contribution in [-0.4, -0.2) is 49.1 Å². The summed E-state index contributed by atoms with van der Waals surface area (Å²) in [5.74, 6) is 2.05. The van der Waals surface area contributed by atoms with Crippen molar-refractivity contribution >= 4 is 11.8 Å². The fraction of sp³-hybridized carbons (Fsp3) is 1.00. The third-order valence-electron chi connectivity index (χ3n) is 4.58. The lowest BCUT2D eigenvalue weighted by atomic mass is 9.84. The molecule has 0 saturated heterocycles. The smallest absolute Gasteiger partial charge is 0.0159 e. The van der Waals surface area contributed by atoms with Gasteiger partial charge in [0.2, 0.25) is 0 Å². The predicted molar refractivity (Wildman–Crippen MR) is 84.4 cm³/mol. The number of rotatable bonds is 7. The van der Waals surface area contributed by atoms with Gasteiger partial charge in [0.15, 0.2) is 0 Å². The maximum absolute atomic E-state index is 3.73. The van der Waals surface area contributed by atoms with Crippen LogP contribution in [0.25, 0.3) is 0 Å². The van der Waals surface area contributed by atoms with Gasteiger partial charge in [0.25, 0.3) is 0 Å². The summed E-state index contributed by atoms with van der Waals surface area (Å²) in [7, 11) is 2.29. The van der Waals surface area contributed by atoms with Gasteiger partial charge < -0.3 is 10.2 Å². The summed E-state index contributed by atoms with van der Waals surface area (Å²) in [4.78, 5) is 2.55. The standard InChI is InChI=1S/C15H32N2S/c1-7-16-14-13(8-9-15(14,3)4)10-17(5)12(2)11-18-6/h12-14,16H,7-11H2,1-6H3. The van der Waals surface area contributed by atoms with Gasteiger partial charge in [0, 0.05) is 24.4 Å². The monoisotopic (exact) mass is 272 g/mol. The summed E-state index contributed by atoms with van der Waals surface area (Å²) in [6.45, 7) is 11.7. The molecule has 0 aromatic carbocycles. The molecule has 0 aliphatic heterocycles. The summed E-state index contributed by atoms with van der Waals surface area (Å²) < 4.78 is 0. The van der Waals surface area contributed by atoms with Crippen LogP contribution >= 0.6 is 11.8 Å². The zero-order chi connectivity index (χ0) is 13.8. The van der Waals surface area contributed by atoms with E-state index in [1.165, 1.54) is 25.1 Å². The molecule has 0 aromatic rings. The fourth-order valence-electron chi connectivity index (χ4n) is 3.30. The van der Waals surface area contributed by atoms with E-state index in [1.807, 2.05) is 11.8 Å². The van der Waals surface area contributed by atoms with E-state index < -0.39 is 0 Å². The zero-order valence-electron chi connectivity index (χ0n) is 13.1. The van der Waals surface area contributed by atoms with Crippen LogP contribution in [0.2, 0.25) is 0 Å². The molecule has 1 rings (SSSR count). The Morgan fingerprint density at radius 1 is 1.44 bits per heavy atom. The lowest BCUT2D eigenvalue weighted by molar-refractivity contribution is 0.185. The van der Waals surface area contributed by atoms with E-state index in [9.17, 15) is 0 Å². The Balaban J connectivity index is 2.55. The highest BCUT2D eigenvalue weighted by molar-refractivity contribution is 7.98. The van der Waals surface area contributed by atoms with Crippen LogP contribution in [0.15, 0.2) is 0 Å². The second kappa shape index (κ2) is 7.16. The highest BCUT2D eigenvalue weighted by Gasteiger charge is 2.41. The molecule has 3 unspecified atom stereocenters. The van der Waals surface area contributed by atoms with Crippen LogP contribution in [0.5, 0.6) is 0 Å². The minimum Gasteiger partial charge on any atom is -0.313 e. The summed E-state index contributed by atoms with van der Waals surface area (Å²) in [5, 5.41) is 3.73. The first-order chi connectivity index (χ1) is 8.42. The van der Waals surface area contributed by atoms with Crippen molar-refractivity contribution in [2.24, 2.45) is 11.3 Å². The molecule has 0 bridgehead atoms. The van der Waals surface area contributed by atoms with Gasteiger partial charge in [-0.2, -0.15) is 11.8 Å². The van der Waals surface area contributed by atoms with E-state index in [1.54, 1.807) is 0 Å². The van der Waals surface area contributed by atoms with Crippen LogP contribution in [0.3, 0.4) is 0 Å². The Hall–Kier alpha value is 0.270. The Morgan fingerprint density at radius 2 is 2.11 bits per heavy atom. The van der Waals surface area contributed by atoms with Crippen molar-refractivity contribution in [3.05, 3.63) is 0 Å². The summed E-state index contributed by atoms with van der Waals surface area (Å²) in [6, 6.07) is 1.37. The number of hydrogen-bond donors (Lipinski definition) is 1. The number of hydrogen-bond acceptors (Lipinski definition) is 3. The molecule has 0 heterocycles. The normalized spacial score (nSPS) is 28.8. The van der Waals surface area contributed by atoms with Crippen molar-refractivity contribution in [2.75, 3.05) is 32.1 Å². The molecule has 0 radical (unpaired) electrons. The largest absolute Gasteiger partial charge is 0.313 e. The molecule has 18 heavy (non-hydrogen) atoms. The minimum absolute atomic E-state index is 0.463. The first-order valence-electron chi connectivity index (χ1n) is 7.35. The van der Waals surface area contributed by atoms with Crippen molar-refractivity contribution in [3.63, 3.8) is 0 Å². The maximum atomic E-state index is 3.73. The molecule has 0 amide bonds. The van der Waals surface area contributed by atoms with Gasteiger partial charge in [-0.05, 0) is 50.9 Å². The molecule has 1 aliphatic rings. The maximum Gasteiger partial charge on any atom is 0.0159 e. The highest BCUT2D eigenvalue weighted by Crippen LogP contribution is 2.41. The Bertz CT molecular complexity index is 243. The molecule has 1 N–H and O–H groups in total. The second-order valence-corrected chi connectivity index (χ2v) is 7.48. The first-order valence-corrected chi connectivity index (χ1v) is 8.74. The third-order valence-corrected chi connectivity index (χ3v) is 5.40. The van der Waals surface area contributed by atoms with Gasteiger partial charge >= 0.3 is 0 Å². The predicted octanol–water partition coefficient (Wildman–Crippen LogP) is 3.08. The molecule has 0 spiro atoms. The zero-order valence-corrected chi connectivity index (χ0v) is 13.9. The molecule has 1 fully saturated rings. The van der Waals surface area contributed by atoms with Crippen LogP contribution in [-0.2, 0) is 0 Å². The molecule has 1 saturated carbocycles. The molecule has 3 atom stereocenters. The molecule has 1 aliphatic carbocycles. The van der Waals surface area contributed by atoms with Gasteiger partial charge in [0.1, 0.15) is 0 Å². The van der Waals surface area contributed by atoms with Gasteiger partial charge in [-0.1, -0.05) is 20.8 Å². The van der Waals surface area contributed by atoms with Crippen LogP contribution in [0.4, 0.5) is 0 Å². The quantitative estimate of drug-likeness (QED) is 0.767. The van der Waals surface area contributed by atoms with E-state index in [2.05, 4.69) is 51.2 Å². The number of thioether (sulfide) groups is 1. The van der Waals surface area contributed by atoms with E-state index in [0.717, 1.165) is 12.5 Å². The van der Waals surface area contributed by atoms with Crippen LogP contribution in [0.1, 0.15) is 40.5 Å². The van der Waals surface area contributed by atoms with Crippen LogP contribution < -0.4 is 5.32 Å². The Kier molecular flexibility index (Phi) is 6.49. The molecule has 2 nitrogen and oxygen atoms in total. The van der Waals surface area contributed by atoms with Crippen molar-refractivity contribution in [3.8, 4) is 0 Å². The molecule has 108 valence electrons. The van der Waals surface area contributed by atoms with E-state index in [4.69, 9.17) is 0 Å². The third kappa shape index (κ3) is 4.14. The fourth-order valence-corrected chi connectivity index (χ4v) is 4.03. The molecular formula is C15H32N2S. The average Bonchev–Trinajstić information content (AvgIpc) is 2.57. The summed E-state index contributed by atoms with van der Waals surface area (Å²) >= 11 is 1.95. The van der Waals surface area contributed by atoms with Crippen LogP contribution in [0, 0.1) is 11.3 Å². The van der Waals surface area contributed by atoms with E-state index >= 15 is 0 Å². The second-order valence-electron chi connectivity index (χ2n) is 6.57. The number of nitrogens with zero attached hydrogens (tertiary/aromatic N) is 1. The lowest BCUT2D eigenvalue weighted by Crippen LogP contribution is -2.46. The molecule has 0 aromatic heterocycles. The topological polar surface area (TPSA) is 15.3 Å². The molecular weight excluding hydrogens is 240 g/mol. The van der Waals surface area contributed by atoms with E-state index in [0.29, 0.717) is 17.5 Å². The van der Waals surface area contributed by atoms with Gasteiger partial charge in [-0.3, -0.25) is 0 Å². The summed E-state index contributed by atoms with van der Waals surface area (Å²) in [6.07, 6.45) is 4.94. The minimum atomic E-state index is 0.463. The van der Waals surface area contributed by atoms with Crippen molar-refractivity contribution in [1.29, 1.82) is 0 Å². The first kappa shape index (κ1) is 16.3. The van der Waals surface area contributed by atoms with Crippen molar-refractivity contribution in [2.45, 2.75) is 52.6 Å². The highest BCUT2D eigenvalue weighted by atomic mass is 32.2. The number of nitrogens with one attached hydrogen (secondary N) is 1. The Morgan fingerprint density at radius 3 is 2.67 bits per heavy atom. The lowest BCUT2D eigenvalue weighted by Gasteiger charge is -2.34. The van der Waals surface area contributed by atoms with Gasteiger partial charge in [0.05, 0.1) is 0 Å². The summed E-state index contributed by atoms with van der Waals surface area (Å²) in [5.41, 5.74) is 0.463. The van der Waals surface area contributed by atoms with Crippen molar-refractivity contribution in [1.82, 2.24) is 10.2 Å².